The van der Waals surface area contributed by atoms with Crippen molar-refractivity contribution in [2.24, 2.45) is 13.0 Å². The molecule has 0 aliphatic heterocycles. The number of rotatable bonds is 7. The third-order valence-corrected chi connectivity index (χ3v) is 5.12. The minimum absolute atomic E-state index is 0.147. The molecule has 0 spiro atoms. The maximum atomic E-state index is 12.4. The Hall–Kier alpha value is -4.20. The summed E-state index contributed by atoms with van der Waals surface area (Å²) in [5.74, 6) is -0.120. The molecule has 0 radical (unpaired) electrons. The summed E-state index contributed by atoms with van der Waals surface area (Å²) in [5, 5.41) is 13.9. The van der Waals surface area contributed by atoms with Gasteiger partial charge in [-0.3, -0.25) is 4.79 Å². The van der Waals surface area contributed by atoms with Crippen LogP contribution in [0.25, 0.3) is 27.9 Å². The Morgan fingerprint density at radius 2 is 1.85 bits per heavy atom. The van der Waals surface area contributed by atoms with E-state index in [0.717, 1.165) is 16.7 Å². The molecule has 0 atom stereocenters. The van der Waals surface area contributed by atoms with Gasteiger partial charge in [-0.25, -0.2) is 14.5 Å². The van der Waals surface area contributed by atoms with Crippen LogP contribution in [0, 0.1) is 5.92 Å². The second-order valence-electron chi connectivity index (χ2n) is 8.14. The van der Waals surface area contributed by atoms with Gasteiger partial charge in [0, 0.05) is 54.5 Å². The summed E-state index contributed by atoms with van der Waals surface area (Å²) in [6.07, 6.45) is 6.82. The van der Waals surface area contributed by atoms with Gasteiger partial charge in [-0.15, -0.1) is 0 Å². The number of aromatic nitrogens is 4. The summed E-state index contributed by atoms with van der Waals surface area (Å²) in [6, 6.07) is 11.9. The van der Waals surface area contributed by atoms with Crippen molar-refractivity contribution in [2.75, 3.05) is 6.61 Å². The van der Waals surface area contributed by atoms with Gasteiger partial charge in [0.15, 0.2) is 0 Å². The van der Waals surface area contributed by atoms with Gasteiger partial charge in [0.1, 0.15) is 0 Å². The summed E-state index contributed by atoms with van der Waals surface area (Å²) in [5.41, 5.74) is 3.42. The van der Waals surface area contributed by atoms with Crippen LogP contribution in [0.3, 0.4) is 0 Å². The van der Waals surface area contributed by atoms with Gasteiger partial charge in [-0.05, 0) is 29.7 Å². The number of carbonyl (C=O) groups is 1. The summed E-state index contributed by atoms with van der Waals surface area (Å²) in [6.45, 7) is 4.70. The SMILES string of the molecule is CC(C)COc1ccc(-c2cc(=O)n(C)cc2-c2cnn(-c3ccccc3C(=O)O)c2)cn1. The maximum Gasteiger partial charge on any atom is 0.337 e. The number of para-hydroxylation sites is 1. The standard InChI is InChI=1S/C25H24N4O4/c1-16(2)15-33-23-9-8-17(11-26-23)20-10-24(30)28(3)14-21(20)18-12-27-29(13-18)22-7-5-4-6-19(22)25(31)32/h4-14,16H,15H2,1-3H3,(H,31,32). The zero-order chi connectivity index (χ0) is 23.5. The molecule has 0 unspecified atom stereocenters. The van der Waals surface area contributed by atoms with Gasteiger partial charge < -0.3 is 14.4 Å². The van der Waals surface area contributed by atoms with Crippen molar-refractivity contribution in [3.63, 3.8) is 0 Å². The third kappa shape index (κ3) is 4.69. The van der Waals surface area contributed by atoms with E-state index in [2.05, 4.69) is 23.9 Å². The number of carboxylic acid groups (broad SMARTS) is 1. The fourth-order valence-corrected chi connectivity index (χ4v) is 3.42. The molecule has 8 nitrogen and oxygen atoms in total. The lowest BCUT2D eigenvalue weighted by atomic mass is 9.99. The van der Waals surface area contributed by atoms with Crippen molar-refractivity contribution in [1.82, 2.24) is 19.3 Å². The van der Waals surface area contributed by atoms with E-state index < -0.39 is 5.97 Å². The quantitative estimate of drug-likeness (QED) is 0.462. The molecule has 0 aliphatic carbocycles. The fraction of sp³-hybridized carbons (Fsp3) is 0.200. The highest BCUT2D eigenvalue weighted by atomic mass is 16.5. The van der Waals surface area contributed by atoms with Gasteiger partial charge >= 0.3 is 5.97 Å². The van der Waals surface area contributed by atoms with E-state index in [-0.39, 0.29) is 11.1 Å². The number of carboxylic acids is 1. The number of hydrogen-bond acceptors (Lipinski definition) is 5. The minimum Gasteiger partial charge on any atom is -0.478 e. The molecule has 0 saturated heterocycles. The molecule has 4 rings (SSSR count). The van der Waals surface area contributed by atoms with Gasteiger partial charge in [0.2, 0.25) is 5.88 Å². The number of aryl methyl sites for hydroxylation is 1. The van der Waals surface area contributed by atoms with Crippen LogP contribution in [-0.4, -0.2) is 37.0 Å². The molecule has 0 aliphatic rings. The normalized spacial score (nSPS) is 11.0. The first-order valence-electron chi connectivity index (χ1n) is 10.5. The predicted octanol–water partition coefficient (Wildman–Crippen LogP) is 4.03. The lowest BCUT2D eigenvalue weighted by Crippen LogP contribution is -2.15. The average Bonchev–Trinajstić information content (AvgIpc) is 3.29. The molecule has 1 N–H and O–H groups in total. The van der Waals surface area contributed by atoms with E-state index in [4.69, 9.17) is 4.74 Å². The molecule has 0 saturated carbocycles. The highest BCUT2D eigenvalue weighted by Gasteiger charge is 2.16. The molecule has 0 bridgehead atoms. The van der Waals surface area contributed by atoms with Gasteiger partial charge in [0.05, 0.1) is 24.1 Å². The Labute approximate surface area is 190 Å². The molecule has 33 heavy (non-hydrogen) atoms. The molecule has 0 fully saturated rings. The third-order valence-electron chi connectivity index (χ3n) is 5.12. The smallest absolute Gasteiger partial charge is 0.337 e. The molecule has 3 heterocycles. The molecule has 3 aromatic heterocycles. The van der Waals surface area contributed by atoms with Crippen LogP contribution >= 0.6 is 0 Å². The van der Waals surface area contributed by atoms with E-state index in [0.29, 0.717) is 29.7 Å². The molecule has 4 aromatic rings. The van der Waals surface area contributed by atoms with Crippen LogP contribution in [0.5, 0.6) is 5.88 Å². The van der Waals surface area contributed by atoms with E-state index >= 15 is 0 Å². The van der Waals surface area contributed by atoms with Crippen LogP contribution in [0.4, 0.5) is 0 Å². The van der Waals surface area contributed by atoms with Crippen LogP contribution in [0.2, 0.25) is 0 Å². The van der Waals surface area contributed by atoms with E-state index in [9.17, 15) is 14.7 Å². The first-order valence-corrected chi connectivity index (χ1v) is 10.5. The summed E-state index contributed by atoms with van der Waals surface area (Å²) < 4.78 is 8.68. The minimum atomic E-state index is -1.03. The van der Waals surface area contributed by atoms with E-state index in [1.165, 1.54) is 15.3 Å². The van der Waals surface area contributed by atoms with Crippen LogP contribution in [0.15, 0.2) is 72.0 Å². The summed E-state index contributed by atoms with van der Waals surface area (Å²) in [4.78, 5) is 28.4. The van der Waals surface area contributed by atoms with Crippen LogP contribution in [0.1, 0.15) is 24.2 Å². The van der Waals surface area contributed by atoms with Crippen molar-refractivity contribution in [1.29, 1.82) is 0 Å². The Kier molecular flexibility index (Phi) is 6.08. The summed E-state index contributed by atoms with van der Waals surface area (Å²) >= 11 is 0. The number of pyridine rings is 2. The Morgan fingerprint density at radius 3 is 2.55 bits per heavy atom. The number of ether oxygens (including phenoxy) is 1. The average molecular weight is 444 g/mol. The molecule has 1 aromatic carbocycles. The highest BCUT2D eigenvalue weighted by Crippen LogP contribution is 2.31. The highest BCUT2D eigenvalue weighted by molar-refractivity contribution is 5.92. The zero-order valence-electron chi connectivity index (χ0n) is 18.6. The van der Waals surface area contributed by atoms with Crippen LogP contribution < -0.4 is 10.3 Å². The summed E-state index contributed by atoms with van der Waals surface area (Å²) in [7, 11) is 1.68. The first-order chi connectivity index (χ1) is 15.8. The topological polar surface area (TPSA) is 99.2 Å². The zero-order valence-corrected chi connectivity index (χ0v) is 18.6. The number of nitrogens with zero attached hydrogens (tertiary/aromatic N) is 4. The van der Waals surface area contributed by atoms with Crippen molar-refractivity contribution < 1.29 is 14.6 Å². The van der Waals surface area contributed by atoms with Crippen molar-refractivity contribution in [2.45, 2.75) is 13.8 Å². The van der Waals surface area contributed by atoms with E-state index in [1.54, 1.807) is 62.2 Å². The van der Waals surface area contributed by atoms with Crippen molar-refractivity contribution >= 4 is 5.97 Å². The molecule has 168 valence electrons. The lowest BCUT2D eigenvalue weighted by Gasteiger charge is -2.12. The molecule has 0 amide bonds. The van der Waals surface area contributed by atoms with Crippen LogP contribution in [-0.2, 0) is 7.05 Å². The largest absolute Gasteiger partial charge is 0.478 e. The number of benzene rings is 1. The predicted molar refractivity (Wildman–Crippen MR) is 125 cm³/mol. The second-order valence-corrected chi connectivity index (χ2v) is 8.14. The molecule has 8 heteroatoms. The number of aromatic carboxylic acids is 1. The van der Waals surface area contributed by atoms with Crippen molar-refractivity contribution in [3.05, 3.63) is 83.2 Å². The molecular formula is C25H24N4O4. The van der Waals surface area contributed by atoms with Gasteiger partial charge in [0.25, 0.3) is 5.56 Å². The van der Waals surface area contributed by atoms with Gasteiger partial charge in [-0.2, -0.15) is 5.10 Å². The Morgan fingerprint density at radius 1 is 1.06 bits per heavy atom. The maximum absolute atomic E-state index is 12.4. The second kappa shape index (κ2) is 9.12. The van der Waals surface area contributed by atoms with Crippen molar-refractivity contribution in [3.8, 4) is 33.8 Å². The Balaban J connectivity index is 1.75. The Bertz CT molecular complexity index is 1350. The lowest BCUT2D eigenvalue weighted by molar-refractivity contribution is 0.0696. The van der Waals surface area contributed by atoms with Gasteiger partial charge in [-0.1, -0.05) is 26.0 Å². The molecular weight excluding hydrogens is 420 g/mol. The first kappa shape index (κ1) is 22.0. The fourth-order valence-electron chi connectivity index (χ4n) is 3.42. The number of hydrogen-bond donors (Lipinski definition) is 1. The monoisotopic (exact) mass is 444 g/mol. The van der Waals surface area contributed by atoms with E-state index in [1.807, 2.05) is 6.07 Å².